The molecule has 0 amide bonds. The van der Waals surface area contributed by atoms with Gasteiger partial charge >= 0.3 is 0 Å². The number of rotatable bonds is 6. The van der Waals surface area contributed by atoms with Crippen LogP contribution in [0.4, 0.5) is 0 Å². The maximum atomic E-state index is 6.00. The van der Waals surface area contributed by atoms with Crippen molar-refractivity contribution in [1.29, 1.82) is 0 Å². The van der Waals surface area contributed by atoms with E-state index in [1.165, 1.54) is 29.8 Å². The first kappa shape index (κ1) is 14.8. The highest BCUT2D eigenvalue weighted by Crippen LogP contribution is 2.31. The number of aromatic nitrogens is 3. The second-order valence-corrected chi connectivity index (χ2v) is 6.89. The lowest BCUT2D eigenvalue weighted by atomic mass is 9.98. The predicted molar refractivity (Wildman–Crippen MR) is 87.8 cm³/mol. The number of fused-ring (bicyclic) bond motifs is 1. The van der Waals surface area contributed by atoms with Crippen molar-refractivity contribution in [2.75, 3.05) is 19.8 Å². The topological polar surface area (TPSA) is 43.2 Å². The minimum absolute atomic E-state index is 0.409. The van der Waals surface area contributed by atoms with Gasteiger partial charge in [0.25, 0.3) is 0 Å². The van der Waals surface area contributed by atoms with Crippen molar-refractivity contribution in [3.8, 4) is 0 Å². The monoisotopic (exact) mass is 312 g/mol. The quantitative estimate of drug-likeness (QED) is 0.821. The number of hydrogen-bond donors (Lipinski definition) is 0. The van der Waals surface area contributed by atoms with Crippen molar-refractivity contribution in [1.82, 2.24) is 19.4 Å². The summed E-state index contributed by atoms with van der Waals surface area (Å²) >= 11 is 0. The average Bonchev–Trinajstić information content (AvgIpc) is 3.31. The highest BCUT2D eigenvalue weighted by Gasteiger charge is 2.30. The van der Waals surface area contributed by atoms with Gasteiger partial charge in [-0.2, -0.15) is 0 Å². The normalized spacial score (nSPS) is 21.3. The van der Waals surface area contributed by atoms with Gasteiger partial charge in [0.1, 0.15) is 0 Å². The Morgan fingerprint density at radius 3 is 2.83 bits per heavy atom. The summed E-state index contributed by atoms with van der Waals surface area (Å²) in [5, 5.41) is 0. The number of ether oxygens (including phenoxy) is 1. The molecule has 0 saturated heterocycles. The van der Waals surface area contributed by atoms with Crippen LogP contribution >= 0.6 is 0 Å². The van der Waals surface area contributed by atoms with Crippen LogP contribution in [0.15, 0.2) is 30.9 Å². The van der Waals surface area contributed by atoms with E-state index < -0.39 is 0 Å². The van der Waals surface area contributed by atoms with E-state index in [0.717, 1.165) is 38.8 Å². The van der Waals surface area contributed by atoms with Gasteiger partial charge in [0.2, 0.25) is 0 Å². The molecule has 0 unspecified atom stereocenters. The summed E-state index contributed by atoms with van der Waals surface area (Å²) in [6.45, 7) is 4.61. The highest BCUT2D eigenvalue weighted by molar-refractivity contribution is 5.22. The zero-order chi connectivity index (χ0) is 15.6. The van der Waals surface area contributed by atoms with Crippen molar-refractivity contribution < 1.29 is 4.74 Å². The maximum absolute atomic E-state index is 6.00. The van der Waals surface area contributed by atoms with Gasteiger partial charge < -0.3 is 9.30 Å². The summed E-state index contributed by atoms with van der Waals surface area (Å²) < 4.78 is 8.17. The Bertz CT molecular complexity index is 650. The van der Waals surface area contributed by atoms with Crippen LogP contribution in [-0.2, 0) is 24.9 Å². The first-order chi connectivity index (χ1) is 11.3. The second-order valence-electron chi connectivity index (χ2n) is 6.89. The zero-order valence-corrected chi connectivity index (χ0v) is 13.7. The van der Waals surface area contributed by atoms with Crippen molar-refractivity contribution in [3.63, 3.8) is 0 Å². The fourth-order valence-electron chi connectivity index (χ4n) is 3.47. The van der Waals surface area contributed by atoms with E-state index in [2.05, 4.69) is 38.6 Å². The van der Waals surface area contributed by atoms with Gasteiger partial charge in [-0.05, 0) is 36.5 Å². The molecular formula is C18H24N4O. The van der Waals surface area contributed by atoms with E-state index in [0.29, 0.717) is 5.92 Å². The molecule has 0 aromatic carbocycles. The molecule has 3 heterocycles. The molecule has 23 heavy (non-hydrogen) atoms. The summed E-state index contributed by atoms with van der Waals surface area (Å²) in [6, 6.07) is 4.18. The van der Waals surface area contributed by atoms with Crippen molar-refractivity contribution in [2.24, 2.45) is 13.0 Å². The highest BCUT2D eigenvalue weighted by atomic mass is 16.5. The molecule has 1 aliphatic heterocycles. The molecule has 2 aromatic rings. The van der Waals surface area contributed by atoms with Crippen molar-refractivity contribution in [2.45, 2.75) is 31.8 Å². The summed E-state index contributed by atoms with van der Waals surface area (Å²) in [6.07, 6.45) is 8.35. The van der Waals surface area contributed by atoms with Crippen LogP contribution in [0.2, 0.25) is 0 Å². The lowest BCUT2D eigenvalue weighted by molar-refractivity contribution is 0.0867. The van der Waals surface area contributed by atoms with Gasteiger partial charge in [0, 0.05) is 57.3 Å². The van der Waals surface area contributed by atoms with Crippen molar-refractivity contribution in [3.05, 3.63) is 47.8 Å². The fourth-order valence-corrected chi connectivity index (χ4v) is 3.47. The van der Waals surface area contributed by atoms with Gasteiger partial charge in [0.05, 0.1) is 18.6 Å². The number of aryl methyl sites for hydroxylation is 1. The molecule has 0 spiro atoms. The third-order valence-electron chi connectivity index (χ3n) is 4.83. The summed E-state index contributed by atoms with van der Waals surface area (Å²) in [4.78, 5) is 11.2. The van der Waals surface area contributed by atoms with Crippen LogP contribution < -0.4 is 0 Å². The fraction of sp³-hybridized carbons (Fsp3) is 0.556. The van der Waals surface area contributed by atoms with Gasteiger partial charge in [-0.3, -0.25) is 9.88 Å². The number of imidazole rings is 1. The smallest absolute Gasteiger partial charge is 0.0949 e. The summed E-state index contributed by atoms with van der Waals surface area (Å²) in [5.41, 5.74) is 3.86. The van der Waals surface area contributed by atoms with Gasteiger partial charge in [-0.1, -0.05) is 0 Å². The van der Waals surface area contributed by atoms with Crippen LogP contribution in [0, 0.1) is 5.92 Å². The number of pyridine rings is 1. The van der Waals surface area contributed by atoms with Gasteiger partial charge in [-0.15, -0.1) is 0 Å². The van der Waals surface area contributed by atoms with Crippen molar-refractivity contribution >= 4 is 0 Å². The Morgan fingerprint density at radius 1 is 1.22 bits per heavy atom. The van der Waals surface area contributed by atoms with Crippen LogP contribution in [0.25, 0.3) is 0 Å². The van der Waals surface area contributed by atoms with Gasteiger partial charge in [-0.25, -0.2) is 4.98 Å². The second kappa shape index (κ2) is 6.42. The Hall–Kier alpha value is -1.72. The van der Waals surface area contributed by atoms with Crippen LogP contribution in [-0.4, -0.2) is 39.2 Å². The standard InChI is InChI=1S/C18H24N4O/c1-21-13-20-17-10-22(8-14-4-6-19-7-5-14)9-16(18(17)21)12-23-11-15-2-3-15/h4-7,13,15-16H,2-3,8-12H2,1H3/t16-/m1/s1. The Kier molecular flexibility index (Phi) is 4.14. The molecule has 122 valence electrons. The number of nitrogens with zero attached hydrogens (tertiary/aromatic N) is 4. The van der Waals surface area contributed by atoms with Crippen LogP contribution in [0.5, 0.6) is 0 Å². The molecule has 2 aliphatic rings. The van der Waals surface area contributed by atoms with E-state index in [9.17, 15) is 0 Å². The summed E-state index contributed by atoms with van der Waals surface area (Å²) in [5.74, 6) is 1.23. The third-order valence-corrected chi connectivity index (χ3v) is 4.83. The number of hydrogen-bond acceptors (Lipinski definition) is 4. The molecule has 0 radical (unpaired) electrons. The van der Waals surface area contributed by atoms with E-state index in [1.54, 1.807) is 0 Å². The molecule has 5 heteroatoms. The lowest BCUT2D eigenvalue weighted by Gasteiger charge is -2.32. The minimum Gasteiger partial charge on any atom is -0.380 e. The SMILES string of the molecule is Cn1cnc2c1[C@@H](COCC1CC1)CN(Cc1ccncc1)C2. The average molecular weight is 312 g/mol. The Balaban J connectivity index is 1.46. The molecule has 1 saturated carbocycles. The largest absolute Gasteiger partial charge is 0.380 e. The van der Waals surface area contributed by atoms with Crippen LogP contribution in [0.3, 0.4) is 0 Å². The third kappa shape index (κ3) is 3.46. The van der Waals surface area contributed by atoms with E-state index >= 15 is 0 Å². The first-order valence-electron chi connectivity index (χ1n) is 8.48. The minimum atomic E-state index is 0.409. The molecule has 0 N–H and O–H groups in total. The first-order valence-corrected chi connectivity index (χ1v) is 8.48. The Morgan fingerprint density at radius 2 is 2.04 bits per heavy atom. The summed E-state index contributed by atoms with van der Waals surface area (Å²) in [7, 11) is 2.10. The Labute approximate surface area is 137 Å². The molecule has 2 aromatic heterocycles. The maximum Gasteiger partial charge on any atom is 0.0949 e. The zero-order valence-electron chi connectivity index (χ0n) is 13.7. The molecular weight excluding hydrogens is 288 g/mol. The van der Waals surface area contributed by atoms with E-state index in [-0.39, 0.29) is 0 Å². The molecule has 5 nitrogen and oxygen atoms in total. The molecule has 1 aliphatic carbocycles. The molecule has 4 rings (SSSR count). The molecule has 1 fully saturated rings. The predicted octanol–water partition coefficient (Wildman–Crippen LogP) is 2.34. The molecule has 0 bridgehead atoms. The molecule has 1 atom stereocenters. The van der Waals surface area contributed by atoms with Gasteiger partial charge in [0.15, 0.2) is 0 Å². The van der Waals surface area contributed by atoms with Crippen LogP contribution in [0.1, 0.15) is 35.7 Å². The lowest BCUT2D eigenvalue weighted by Crippen LogP contribution is -2.36. The van der Waals surface area contributed by atoms with E-state index in [1.807, 2.05) is 18.7 Å². The van der Waals surface area contributed by atoms with E-state index in [4.69, 9.17) is 4.74 Å².